The first-order chi connectivity index (χ1) is 8.69. The van der Waals surface area contributed by atoms with Crippen molar-refractivity contribution in [1.29, 1.82) is 0 Å². The number of carbonyl (C=O) groups excluding carboxylic acids is 2. The van der Waals surface area contributed by atoms with E-state index in [4.69, 9.17) is 4.74 Å². The highest BCUT2D eigenvalue weighted by atomic mass is 16.5. The van der Waals surface area contributed by atoms with Crippen LogP contribution in [0, 0.1) is 11.8 Å². The zero-order valence-electron chi connectivity index (χ0n) is 11.1. The van der Waals surface area contributed by atoms with Crippen LogP contribution in [0.1, 0.15) is 51.4 Å². The van der Waals surface area contributed by atoms with Crippen molar-refractivity contribution >= 4 is 11.9 Å². The number of nitrogens with one attached hydrogen (secondary N) is 1. The lowest BCUT2D eigenvalue weighted by atomic mass is 9.82. The van der Waals surface area contributed by atoms with Gasteiger partial charge in [-0.2, -0.15) is 0 Å². The SMILES string of the molecule is COC(=O)C1CCC(NC(=O)CC2CCC2)CC1. The predicted molar refractivity (Wildman–Crippen MR) is 67.9 cm³/mol. The molecule has 4 heteroatoms. The summed E-state index contributed by atoms with van der Waals surface area (Å²) in [5, 5.41) is 3.10. The van der Waals surface area contributed by atoms with Gasteiger partial charge in [-0.25, -0.2) is 0 Å². The maximum absolute atomic E-state index is 11.8. The monoisotopic (exact) mass is 253 g/mol. The summed E-state index contributed by atoms with van der Waals surface area (Å²) in [7, 11) is 1.44. The van der Waals surface area contributed by atoms with Gasteiger partial charge in [0.15, 0.2) is 0 Å². The lowest BCUT2D eigenvalue weighted by Crippen LogP contribution is -2.40. The molecule has 0 heterocycles. The van der Waals surface area contributed by atoms with Gasteiger partial charge in [-0.3, -0.25) is 9.59 Å². The molecule has 2 aliphatic carbocycles. The van der Waals surface area contributed by atoms with Crippen LogP contribution in [-0.4, -0.2) is 25.0 Å². The van der Waals surface area contributed by atoms with E-state index in [2.05, 4.69) is 5.32 Å². The molecule has 0 aromatic heterocycles. The first-order valence-corrected chi connectivity index (χ1v) is 7.06. The molecular weight excluding hydrogens is 230 g/mol. The van der Waals surface area contributed by atoms with Crippen molar-refractivity contribution in [2.75, 3.05) is 7.11 Å². The Kier molecular flexibility index (Phi) is 4.61. The molecule has 0 radical (unpaired) electrons. The summed E-state index contributed by atoms with van der Waals surface area (Å²) in [4.78, 5) is 23.2. The zero-order valence-corrected chi connectivity index (χ0v) is 11.1. The van der Waals surface area contributed by atoms with Crippen LogP contribution in [0.15, 0.2) is 0 Å². The van der Waals surface area contributed by atoms with Gasteiger partial charge in [-0.05, 0) is 44.4 Å². The van der Waals surface area contributed by atoms with E-state index in [0.29, 0.717) is 12.3 Å². The summed E-state index contributed by atoms with van der Waals surface area (Å²) in [6, 6.07) is 0.262. The van der Waals surface area contributed by atoms with E-state index in [-0.39, 0.29) is 23.8 Å². The van der Waals surface area contributed by atoms with E-state index in [1.165, 1.54) is 26.4 Å². The minimum absolute atomic E-state index is 0.0368. The van der Waals surface area contributed by atoms with E-state index in [1.54, 1.807) is 0 Å². The largest absolute Gasteiger partial charge is 0.469 e. The summed E-state index contributed by atoms with van der Waals surface area (Å²) in [6.45, 7) is 0. The maximum atomic E-state index is 11.8. The number of rotatable bonds is 4. The van der Waals surface area contributed by atoms with Gasteiger partial charge in [0, 0.05) is 12.5 Å². The maximum Gasteiger partial charge on any atom is 0.308 e. The van der Waals surface area contributed by atoms with Crippen molar-refractivity contribution in [2.24, 2.45) is 11.8 Å². The molecule has 0 aromatic rings. The second kappa shape index (κ2) is 6.21. The number of esters is 1. The summed E-state index contributed by atoms with van der Waals surface area (Å²) in [6.07, 6.45) is 7.86. The molecule has 2 saturated carbocycles. The summed E-state index contributed by atoms with van der Waals surface area (Å²) in [5.41, 5.74) is 0. The molecule has 1 amide bonds. The molecule has 18 heavy (non-hydrogen) atoms. The van der Waals surface area contributed by atoms with Gasteiger partial charge in [0.25, 0.3) is 0 Å². The van der Waals surface area contributed by atoms with E-state index in [9.17, 15) is 9.59 Å². The van der Waals surface area contributed by atoms with Crippen molar-refractivity contribution in [1.82, 2.24) is 5.32 Å². The third kappa shape index (κ3) is 3.47. The zero-order chi connectivity index (χ0) is 13.0. The number of amides is 1. The number of ether oxygens (including phenoxy) is 1. The van der Waals surface area contributed by atoms with E-state index >= 15 is 0 Å². The van der Waals surface area contributed by atoms with Crippen LogP contribution in [0.4, 0.5) is 0 Å². The van der Waals surface area contributed by atoms with Crippen molar-refractivity contribution in [3.8, 4) is 0 Å². The average molecular weight is 253 g/mol. The molecule has 2 aliphatic rings. The number of carbonyl (C=O) groups is 2. The van der Waals surface area contributed by atoms with Gasteiger partial charge in [-0.1, -0.05) is 6.42 Å². The predicted octanol–water partition coefficient (Wildman–Crippen LogP) is 2.02. The summed E-state index contributed by atoms with van der Waals surface area (Å²) in [5.74, 6) is 0.752. The molecule has 102 valence electrons. The highest BCUT2D eigenvalue weighted by Crippen LogP contribution is 2.30. The lowest BCUT2D eigenvalue weighted by molar-refractivity contribution is -0.146. The first-order valence-electron chi connectivity index (χ1n) is 7.06. The molecule has 0 spiro atoms. The molecule has 0 bridgehead atoms. The van der Waals surface area contributed by atoms with Crippen molar-refractivity contribution in [2.45, 2.75) is 57.4 Å². The fourth-order valence-electron chi connectivity index (χ4n) is 2.89. The molecule has 0 saturated heterocycles. The normalized spacial score (nSPS) is 28.3. The van der Waals surface area contributed by atoms with Gasteiger partial charge >= 0.3 is 5.97 Å². The van der Waals surface area contributed by atoms with E-state index in [1.807, 2.05) is 0 Å². The Hall–Kier alpha value is -1.06. The topological polar surface area (TPSA) is 55.4 Å². The molecule has 1 N–H and O–H groups in total. The third-order valence-electron chi connectivity index (χ3n) is 4.33. The van der Waals surface area contributed by atoms with E-state index < -0.39 is 0 Å². The van der Waals surface area contributed by atoms with Gasteiger partial charge in [0.1, 0.15) is 0 Å². The van der Waals surface area contributed by atoms with Crippen LogP contribution in [0.3, 0.4) is 0 Å². The van der Waals surface area contributed by atoms with Gasteiger partial charge in [-0.15, -0.1) is 0 Å². The van der Waals surface area contributed by atoms with Crippen molar-refractivity contribution in [3.05, 3.63) is 0 Å². The Labute approximate surface area is 108 Å². The summed E-state index contributed by atoms with van der Waals surface area (Å²) < 4.78 is 4.75. The Bertz CT molecular complexity index is 304. The Balaban J connectivity index is 1.66. The molecule has 2 fully saturated rings. The number of methoxy groups -OCH3 is 1. The number of hydrogen-bond donors (Lipinski definition) is 1. The molecule has 0 unspecified atom stereocenters. The van der Waals surface area contributed by atoms with Gasteiger partial charge in [0.2, 0.25) is 5.91 Å². The minimum atomic E-state index is -0.103. The second-order valence-electron chi connectivity index (χ2n) is 5.64. The minimum Gasteiger partial charge on any atom is -0.469 e. The van der Waals surface area contributed by atoms with Crippen LogP contribution < -0.4 is 5.32 Å². The van der Waals surface area contributed by atoms with Crippen molar-refractivity contribution in [3.63, 3.8) is 0 Å². The van der Waals surface area contributed by atoms with Crippen molar-refractivity contribution < 1.29 is 14.3 Å². The van der Waals surface area contributed by atoms with Gasteiger partial charge in [0.05, 0.1) is 13.0 Å². The average Bonchev–Trinajstić information content (AvgIpc) is 2.34. The van der Waals surface area contributed by atoms with Crippen LogP contribution in [-0.2, 0) is 14.3 Å². The molecule has 2 rings (SSSR count). The Morgan fingerprint density at radius 3 is 2.28 bits per heavy atom. The fourth-order valence-corrected chi connectivity index (χ4v) is 2.89. The van der Waals surface area contributed by atoms with E-state index in [0.717, 1.165) is 25.7 Å². The highest BCUT2D eigenvalue weighted by Gasteiger charge is 2.28. The van der Waals surface area contributed by atoms with Crippen LogP contribution in [0.5, 0.6) is 0 Å². The Morgan fingerprint density at radius 1 is 1.11 bits per heavy atom. The second-order valence-corrected chi connectivity index (χ2v) is 5.64. The van der Waals surface area contributed by atoms with Crippen LogP contribution in [0.2, 0.25) is 0 Å². The molecule has 0 aromatic carbocycles. The lowest BCUT2D eigenvalue weighted by Gasteiger charge is -2.29. The Morgan fingerprint density at radius 2 is 1.78 bits per heavy atom. The summed E-state index contributed by atoms with van der Waals surface area (Å²) >= 11 is 0. The third-order valence-corrected chi connectivity index (χ3v) is 4.33. The quantitative estimate of drug-likeness (QED) is 0.780. The smallest absolute Gasteiger partial charge is 0.308 e. The highest BCUT2D eigenvalue weighted by molar-refractivity contribution is 5.76. The standard InChI is InChI=1S/C14H23NO3/c1-18-14(17)11-5-7-12(8-6-11)15-13(16)9-10-3-2-4-10/h10-12H,2-9H2,1H3,(H,15,16). The van der Waals surface area contributed by atoms with Crippen LogP contribution >= 0.6 is 0 Å². The first kappa shape index (κ1) is 13.4. The molecule has 0 aliphatic heterocycles. The van der Waals surface area contributed by atoms with Gasteiger partial charge < -0.3 is 10.1 Å². The van der Waals surface area contributed by atoms with Crippen LogP contribution in [0.25, 0.3) is 0 Å². The molecule has 4 nitrogen and oxygen atoms in total. The fraction of sp³-hybridized carbons (Fsp3) is 0.857. The molecular formula is C14H23NO3. The molecule has 0 atom stereocenters. The number of hydrogen-bond acceptors (Lipinski definition) is 3.